The third kappa shape index (κ3) is 34.4. The molecule has 4 heteroatoms. The van der Waals surface area contributed by atoms with Gasteiger partial charge >= 0.3 is 5.97 Å². The van der Waals surface area contributed by atoms with Gasteiger partial charge in [-0.1, -0.05) is 13.0 Å². The number of carbonyl (C=O) groups excluding carboxylic acids is 1. The van der Waals surface area contributed by atoms with Crippen molar-refractivity contribution in [3.05, 3.63) is 12.2 Å². The number of halogens is 1. The number of rotatable bonds is 2. The van der Waals surface area contributed by atoms with Crippen molar-refractivity contribution >= 4 is 18.4 Å². The Labute approximate surface area is 87.2 Å². The van der Waals surface area contributed by atoms with Crippen LogP contribution in [0, 0.1) is 0 Å². The van der Waals surface area contributed by atoms with Gasteiger partial charge in [-0.2, -0.15) is 0 Å². The third-order valence-corrected chi connectivity index (χ3v) is 0.691. The number of carbonyl (C=O) groups is 1. The van der Waals surface area contributed by atoms with E-state index in [0.29, 0.717) is 0 Å². The van der Waals surface area contributed by atoms with E-state index in [-0.39, 0.29) is 18.4 Å². The number of hydrogen-bond donors (Lipinski definition) is 0. The van der Waals surface area contributed by atoms with Crippen molar-refractivity contribution in [2.45, 2.75) is 13.3 Å². The second-order valence-electron chi connectivity index (χ2n) is 2.68. The van der Waals surface area contributed by atoms with Gasteiger partial charge in [0.05, 0.1) is 7.11 Å². The van der Waals surface area contributed by atoms with Crippen LogP contribution in [0.4, 0.5) is 0 Å². The smallest absolute Gasteiger partial charge is 0.330 e. The van der Waals surface area contributed by atoms with E-state index < -0.39 is 0 Å². The molecule has 0 fully saturated rings. The lowest BCUT2D eigenvalue weighted by Gasteiger charge is -1.90. The van der Waals surface area contributed by atoms with E-state index >= 15 is 0 Å². The molecule has 0 aliphatic rings. The van der Waals surface area contributed by atoms with Gasteiger partial charge < -0.3 is 9.64 Å². The molecule has 0 amide bonds. The fourth-order valence-electron chi connectivity index (χ4n) is 0.282. The van der Waals surface area contributed by atoms with Gasteiger partial charge in [-0.15, -0.1) is 12.4 Å². The standard InChI is InChI=1S/C6H10O2.C3H9N.ClH/c1-3-4-5-6(7)8-2;1-4(2)3;/h4-5H,3H2,1-2H3;1-3H3;1H. The highest BCUT2D eigenvalue weighted by Crippen LogP contribution is 1.80. The van der Waals surface area contributed by atoms with Crippen molar-refractivity contribution in [3.63, 3.8) is 0 Å². The minimum atomic E-state index is -0.285. The van der Waals surface area contributed by atoms with Gasteiger partial charge in [0.1, 0.15) is 0 Å². The first-order valence-electron chi connectivity index (χ1n) is 3.90. The van der Waals surface area contributed by atoms with Crippen molar-refractivity contribution in [1.29, 1.82) is 0 Å². The van der Waals surface area contributed by atoms with Crippen molar-refractivity contribution < 1.29 is 9.53 Å². The molecule has 0 N–H and O–H groups in total. The predicted octanol–water partition coefficient (Wildman–Crippen LogP) is 1.73. The zero-order valence-electron chi connectivity index (χ0n) is 9.03. The molecular weight excluding hydrogens is 190 g/mol. The van der Waals surface area contributed by atoms with Gasteiger partial charge in [-0.05, 0) is 27.6 Å². The molecule has 0 unspecified atom stereocenters. The largest absolute Gasteiger partial charge is 0.466 e. The number of hydrogen-bond acceptors (Lipinski definition) is 3. The van der Waals surface area contributed by atoms with Crippen LogP contribution < -0.4 is 0 Å². The Bertz CT molecular complexity index is 133. The minimum Gasteiger partial charge on any atom is -0.466 e. The summed E-state index contributed by atoms with van der Waals surface area (Å²) in [4.78, 5) is 12.3. The lowest BCUT2D eigenvalue weighted by molar-refractivity contribution is -0.134. The van der Waals surface area contributed by atoms with Gasteiger partial charge in [-0.25, -0.2) is 4.79 Å². The van der Waals surface area contributed by atoms with E-state index in [1.165, 1.54) is 13.2 Å². The molecule has 0 atom stereocenters. The summed E-state index contributed by atoms with van der Waals surface area (Å²) in [6, 6.07) is 0. The summed E-state index contributed by atoms with van der Waals surface area (Å²) in [5.41, 5.74) is 0. The van der Waals surface area contributed by atoms with Crippen molar-refractivity contribution in [3.8, 4) is 0 Å². The minimum absolute atomic E-state index is 0. The van der Waals surface area contributed by atoms with Crippen LogP contribution in [0.1, 0.15) is 13.3 Å². The average molecular weight is 210 g/mol. The number of ether oxygens (including phenoxy) is 1. The van der Waals surface area contributed by atoms with Crippen LogP contribution in [0.3, 0.4) is 0 Å². The Hall–Kier alpha value is -0.540. The normalized spacial score (nSPS) is 8.77. The van der Waals surface area contributed by atoms with E-state index in [2.05, 4.69) is 4.74 Å². The van der Waals surface area contributed by atoms with Gasteiger partial charge in [0.25, 0.3) is 0 Å². The van der Waals surface area contributed by atoms with Gasteiger partial charge in [0, 0.05) is 6.08 Å². The lowest BCUT2D eigenvalue weighted by Crippen LogP contribution is -1.99. The van der Waals surface area contributed by atoms with Crippen LogP contribution in [-0.4, -0.2) is 39.1 Å². The summed E-state index contributed by atoms with van der Waals surface area (Å²) in [7, 11) is 7.36. The monoisotopic (exact) mass is 209 g/mol. The highest BCUT2D eigenvalue weighted by molar-refractivity contribution is 5.85. The fourth-order valence-corrected chi connectivity index (χ4v) is 0.282. The summed E-state index contributed by atoms with van der Waals surface area (Å²) in [5, 5.41) is 0. The number of allylic oxidation sites excluding steroid dienone is 1. The van der Waals surface area contributed by atoms with Crippen LogP contribution in [0.5, 0.6) is 0 Å². The molecule has 0 aromatic rings. The summed E-state index contributed by atoms with van der Waals surface area (Å²) in [6.45, 7) is 1.96. The Morgan fingerprint density at radius 1 is 1.38 bits per heavy atom. The SMILES string of the molecule is CCC=CC(=O)OC.CN(C)C.Cl. The number of esters is 1. The van der Waals surface area contributed by atoms with Gasteiger partial charge in [-0.3, -0.25) is 0 Å². The molecule has 80 valence electrons. The molecule has 13 heavy (non-hydrogen) atoms. The second kappa shape index (κ2) is 14.0. The molecular formula is C9H20ClNO2. The molecule has 0 aromatic carbocycles. The second-order valence-corrected chi connectivity index (χ2v) is 2.68. The Kier molecular flexibility index (Phi) is 19.7. The molecule has 0 heterocycles. The van der Waals surface area contributed by atoms with Crippen molar-refractivity contribution in [2.24, 2.45) is 0 Å². The van der Waals surface area contributed by atoms with E-state index in [4.69, 9.17) is 0 Å². The molecule has 0 aliphatic heterocycles. The van der Waals surface area contributed by atoms with E-state index in [0.717, 1.165) is 6.42 Å². The van der Waals surface area contributed by atoms with Crippen molar-refractivity contribution in [1.82, 2.24) is 4.90 Å². The topological polar surface area (TPSA) is 29.5 Å². The molecule has 0 aromatic heterocycles. The van der Waals surface area contributed by atoms with Crippen molar-refractivity contribution in [2.75, 3.05) is 28.3 Å². The van der Waals surface area contributed by atoms with E-state index in [9.17, 15) is 4.79 Å². The molecule has 0 aliphatic carbocycles. The maximum atomic E-state index is 10.3. The van der Waals surface area contributed by atoms with E-state index in [1.54, 1.807) is 6.08 Å². The highest BCUT2D eigenvalue weighted by atomic mass is 35.5. The number of nitrogens with zero attached hydrogens (tertiary/aromatic N) is 1. The Morgan fingerprint density at radius 3 is 2.00 bits per heavy atom. The quantitative estimate of drug-likeness (QED) is 0.513. The first-order valence-corrected chi connectivity index (χ1v) is 3.90. The van der Waals surface area contributed by atoms with Crippen LogP contribution in [0.2, 0.25) is 0 Å². The fraction of sp³-hybridized carbons (Fsp3) is 0.667. The van der Waals surface area contributed by atoms with Gasteiger partial charge in [0.15, 0.2) is 0 Å². The zero-order chi connectivity index (χ0) is 9.98. The van der Waals surface area contributed by atoms with Crippen LogP contribution in [-0.2, 0) is 9.53 Å². The van der Waals surface area contributed by atoms with Gasteiger partial charge in [0.2, 0.25) is 0 Å². The molecule has 0 radical (unpaired) electrons. The summed E-state index contributed by atoms with van der Waals surface area (Å²) >= 11 is 0. The van der Waals surface area contributed by atoms with Crippen LogP contribution >= 0.6 is 12.4 Å². The van der Waals surface area contributed by atoms with E-state index in [1.807, 2.05) is 33.0 Å². The Balaban J connectivity index is -0.000000173. The maximum absolute atomic E-state index is 10.3. The van der Waals surface area contributed by atoms with Crippen LogP contribution in [0.15, 0.2) is 12.2 Å². The predicted molar refractivity (Wildman–Crippen MR) is 58.3 cm³/mol. The third-order valence-electron chi connectivity index (χ3n) is 0.691. The molecule has 0 rings (SSSR count). The summed E-state index contributed by atoms with van der Waals surface area (Å²) in [6.07, 6.45) is 4.04. The molecule has 3 nitrogen and oxygen atoms in total. The average Bonchev–Trinajstić information content (AvgIpc) is 1.99. The van der Waals surface area contributed by atoms with Crippen LogP contribution in [0.25, 0.3) is 0 Å². The molecule has 0 saturated heterocycles. The molecule has 0 spiro atoms. The number of methoxy groups -OCH3 is 1. The zero-order valence-corrected chi connectivity index (χ0v) is 9.85. The highest BCUT2D eigenvalue weighted by Gasteiger charge is 1.85. The first-order chi connectivity index (χ1) is 5.54. The molecule has 0 saturated carbocycles. The first kappa shape index (κ1) is 18.3. The maximum Gasteiger partial charge on any atom is 0.330 e. The summed E-state index contributed by atoms with van der Waals surface area (Å²) < 4.78 is 4.33. The Morgan fingerprint density at radius 2 is 1.77 bits per heavy atom. The lowest BCUT2D eigenvalue weighted by atomic mass is 10.4. The molecule has 0 bridgehead atoms. The summed E-state index contributed by atoms with van der Waals surface area (Å²) in [5.74, 6) is -0.285.